The van der Waals surface area contributed by atoms with Crippen molar-refractivity contribution in [2.24, 2.45) is 4.99 Å². The minimum atomic E-state index is -5.10. The monoisotopic (exact) mass is 440 g/mol. The van der Waals surface area contributed by atoms with Crippen LogP contribution in [-0.2, 0) is 16.1 Å². The Morgan fingerprint density at radius 2 is 1.72 bits per heavy atom. The molecule has 0 fully saturated rings. The lowest BCUT2D eigenvalue weighted by Crippen LogP contribution is -2.36. The fraction of sp³-hybridized carbons (Fsp3) is 0.167. The van der Waals surface area contributed by atoms with Crippen LogP contribution in [0.4, 0.5) is 13.2 Å². The quantitative estimate of drug-likeness (QED) is 0.582. The van der Waals surface area contributed by atoms with Gasteiger partial charge in [-0.05, 0) is 46.9 Å². The Morgan fingerprint density at radius 1 is 1.00 bits per heavy atom. The van der Waals surface area contributed by atoms with Gasteiger partial charge in [-0.25, -0.2) is 4.79 Å². The van der Waals surface area contributed by atoms with E-state index in [2.05, 4.69) is 15.3 Å². The van der Waals surface area contributed by atoms with Crippen LogP contribution in [0.5, 0.6) is 5.75 Å². The van der Waals surface area contributed by atoms with E-state index in [9.17, 15) is 18.0 Å². The summed E-state index contributed by atoms with van der Waals surface area (Å²) in [5, 5.41) is 0. The van der Waals surface area contributed by atoms with E-state index in [0.29, 0.717) is 12.0 Å². The molecule has 1 aliphatic rings. The maximum Gasteiger partial charge on any atom is 0.493 e. The number of methoxy groups -OCH3 is 1. The van der Waals surface area contributed by atoms with Gasteiger partial charge in [-0.1, -0.05) is 54.6 Å². The first-order valence-electron chi connectivity index (χ1n) is 9.79. The molecule has 8 heteroatoms. The predicted molar refractivity (Wildman–Crippen MR) is 113 cm³/mol. The molecule has 1 atom stereocenters. The van der Waals surface area contributed by atoms with Crippen LogP contribution in [0.25, 0.3) is 11.1 Å². The molecule has 1 N–H and O–H groups in total. The number of benzene rings is 3. The summed E-state index contributed by atoms with van der Waals surface area (Å²) in [4.78, 5) is 19.9. The molecule has 1 unspecified atom stereocenters. The summed E-state index contributed by atoms with van der Waals surface area (Å²) in [6.07, 6.45) is -4.55. The van der Waals surface area contributed by atoms with Crippen molar-refractivity contribution in [3.05, 3.63) is 89.5 Å². The molecule has 0 spiro atoms. The van der Waals surface area contributed by atoms with Crippen molar-refractivity contribution >= 4 is 11.8 Å². The molecule has 0 saturated carbocycles. The minimum Gasteiger partial charge on any atom is -0.497 e. The minimum absolute atomic E-state index is 0.0706. The molecule has 1 heterocycles. The third-order valence-electron chi connectivity index (χ3n) is 5.12. The van der Waals surface area contributed by atoms with Crippen LogP contribution in [0.2, 0.25) is 0 Å². The number of hydrogen-bond donors (Lipinski definition) is 1. The first-order chi connectivity index (χ1) is 15.3. The second-order valence-corrected chi connectivity index (χ2v) is 7.20. The van der Waals surface area contributed by atoms with Crippen molar-refractivity contribution in [1.82, 2.24) is 5.48 Å². The van der Waals surface area contributed by atoms with Gasteiger partial charge >= 0.3 is 12.1 Å². The second kappa shape index (κ2) is 8.74. The number of amidine groups is 1. The average Bonchev–Trinajstić information content (AvgIpc) is 2.81. The highest BCUT2D eigenvalue weighted by atomic mass is 19.4. The van der Waals surface area contributed by atoms with Crippen LogP contribution in [0, 0.1) is 0 Å². The van der Waals surface area contributed by atoms with Crippen LogP contribution in [-0.4, -0.2) is 25.1 Å². The first kappa shape index (κ1) is 21.4. The Bertz CT molecular complexity index is 1170. The average molecular weight is 440 g/mol. The fourth-order valence-electron chi connectivity index (χ4n) is 3.56. The molecule has 0 bridgehead atoms. The molecule has 0 radical (unpaired) electrons. The summed E-state index contributed by atoms with van der Waals surface area (Å²) < 4.78 is 42.9. The summed E-state index contributed by atoms with van der Waals surface area (Å²) in [5.74, 6) is -1.53. The van der Waals surface area contributed by atoms with Gasteiger partial charge in [0.25, 0.3) is 0 Å². The number of carbonyl (C=O) groups excluding carboxylic acids is 1. The molecule has 0 aliphatic carbocycles. The van der Waals surface area contributed by atoms with Gasteiger partial charge in [0.15, 0.2) is 5.84 Å². The van der Waals surface area contributed by atoms with E-state index in [4.69, 9.17) is 4.74 Å². The summed E-state index contributed by atoms with van der Waals surface area (Å²) in [6, 6.07) is 22.2. The molecule has 3 aromatic carbocycles. The van der Waals surface area contributed by atoms with Gasteiger partial charge in [0.05, 0.1) is 13.2 Å². The van der Waals surface area contributed by atoms with E-state index in [1.807, 2.05) is 60.7 Å². The van der Waals surface area contributed by atoms with Crippen LogP contribution in [0.15, 0.2) is 77.8 Å². The van der Waals surface area contributed by atoms with Crippen molar-refractivity contribution in [3.8, 4) is 16.9 Å². The first-order valence-corrected chi connectivity index (χ1v) is 9.79. The molecule has 0 saturated heterocycles. The number of alkyl halides is 3. The van der Waals surface area contributed by atoms with Gasteiger partial charge in [-0.15, -0.1) is 0 Å². The van der Waals surface area contributed by atoms with E-state index in [1.54, 1.807) is 19.2 Å². The molecule has 4 rings (SSSR count). The lowest BCUT2D eigenvalue weighted by molar-refractivity contribution is -0.203. The van der Waals surface area contributed by atoms with Crippen molar-refractivity contribution in [2.75, 3.05) is 7.11 Å². The fourth-order valence-corrected chi connectivity index (χ4v) is 3.56. The molecular weight excluding hydrogens is 421 g/mol. The van der Waals surface area contributed by atoms with E-state index in [-0.39, 0.29) is 11.9 Å². The maximum absolute atomic E-state index is 12.5. The zero-order valence-corrected chi connectivity index (χ0v) is 17.0. The normalized spacial score (nSPS) is 15.4. The maximum atomic E-state index is 12.5. The lowest BCUT2D eigenvalue weighted by Gasteiger charge is -2.24. The van der Waals surface area contributed by atoms with E-state index in [0.717, 1.165) is 28.0 Å². The van der Waals surface area contributed by atoms with Crippen LogP contribution in [0.1, 0.15) is 22.7 Å². The zero-order valence-electron chi connectivity index (χ0n) is 17.0. The SMILES string of the molecule is COc1cccc(-c2cccc(C3Cc4ccccc4C(NOC(=O)C(F)(F)F)=N3)c2)c1. The second-order valence-electron chi connectivity index (χ2n) is 7.20. The van der Waals surface area contributed by atoms with Gasteiger partial charge in [0, 0.05) is 5.56 Å². The summed E-state index contributed by atoms with van der Waals surface area (Å²) in [6.45, 7) is 0. The van der Waals surface area contributed by atoms with E-state index >= 15 is 0 Å². The zero-order chi connectivity index (χ0) is 22.7. The number of fused-ring (bicyclic) bond motifs is 1. The number of hydroxylamine groups is 1. The largest absolute Gasteiger partial charge is 0.497 e. The molecule has 1 aliphatic heterocycles. The lowest BCUT2D eigenvalue weighted by atomic mass is 9.91. The highest BCUT2D eigenvalue weighted by Crippen LogP contribution is 2.32. The van der Waals surface area contributed by atoms with Gasteiger partial charge in [-0.3, -0.25) is 4.99 Å². The summed E-state index contributed by atoms with van der Waals surface area (Å²) in [7, 11) is 1.60. The Balaban J connectivity index is 1.65. The molecule has 164 valence electrons. The Hall–Kier alpha value is -3.81. The number of ether oxygens (including phenoxy) is 1. The number of nitrogens with zero attached hydrogens (tertiary/aromatic N) is 1. The Morgan fingerprint density at radius 3 is 2.47 bits per heavy atom. The highest BCUT2D eigenvalue weighted by Gasteiger charge is 2.42. The number of carbonyl (C=O) groups is 1. The van der Waals surface area contributed by atoms with Gasteiger partial charge in [-0.2, -0.15) is 18.7 Å². The van der Waals surface area contributed by atoms with Crippen molar-refractivity contribution in [1.29, 1.82) is 0 Å². The third-order valence-corrected chi connectivity index (χ3v) is 5.12. The standard InChI is InChI=1S/C24H19F3N2O3/c1-31-19-10-5-8-16(13-19)15-7-4-9-18(12-15)21-14-17-6-2-3-11-20(17)22(28-21)29-32-23(30)24(25,26)27/h2-13,21H,14H2,1H3,(H,28,29). The molecule has 0 amide bonds. The van der Waals surface area contributed by atoms with Crippen LogP contribution in [0.3, 0.4) is 0 Å². The molecular formula is C24H19F3N2O3. The van der Waals surface area contributed by atoms with Gasteiger partial charge in [0.2, 0.25) is 0 Å². The Kier molecular flexibility index (Phi) is 5.85. The number of nitrogens with one attached hydrogen (secondary N) is 1. The molecule has 5 nitrogen and oxygen atoms in total. The number of hydrogen-bond acceptors (Lipinski definition) is 5. The topological polar surface area (TPSA) is 59.9 Å². The van der Waals surface area contributed by atoms with E-state index in [1.165, 1.54) is 0 Å². The third kappa shape index (κ3) is 4.59. The number of halogens is 3. The van der Waals surface area contributed by atoms with Crippen LogP contribution < -0.4 is 10.2 Å². The number of rotatable bonds is 3. The van der Waals surface area contributed by atoms with Gasteiger partial charge < -0.3 is 9.57 Å². The van der Waals surface area contributed by atoms with Crippen molar-refractivity contribution in [2.45, 2.75) is 18.6 Å². The van der Waals surface area contributed by atoms with Crippen LogP contribution >= 0.6 is 0 Å². The van der Waals surface area contributed by atoms with E-state index < -0.39 is 12.1 Å². The predicted octanol–water partition coefficient (Wildman–Crippen LogP) is 5.02. The van der Waals surface area contributed by atoms with Crippen molar-refractivity contribution < 1.29 is 27.5 Å². The highest BCUT2D eigenvalue weighted by molar-refractivity contribution is 6.01. The molecule has 3 aromatic rings. The van der Waals surface area contributed by atoms with Crippen molar-refractivity contribution in [3.63, 3.8) is 0 Å². The van der Waals surface area contributed by atoms with Gasteiger partial charge in [0.1, 0.15) is 5.75 Å². The summed E-state index contributed by atoms with van der Waals surface area (Å²) in [5.41, 5.74) is 6.36. The molecule has 32 heavy (non-hydrogen) atoms. The summed E-state index contributed by atoms with van der Waals surface area (Å²) >= 11 is 0. The molecule has 0 aromatic heterocycles. The number of aliphatic imine (C=N–C) groups is 1. The smallest absolute Gasteiger partial charge is 0.493 e. The Labute approximate surface area is 182 Å².